The molecule has 17 nitrogen and oxygen atoms in total. The first-order valence-corrected chi connectivity index (χ1v) is 55.8. The molecule has 130 heavy (non-hydrogen) atoms. The Morgan fingerprint density at radius 1 is 0.308 bits per heavy atom. The van der Waals surface area contributed by atoms with Crippen molar-refractivity contribution < 1.29 is 14.3 Å². The van der Waals surface area contributed by atoms with E-state index in [1.165, 1.54) is 230 Å². The summed E-state index contributed by atoms with van der Waals surface area (Å²) in [5, 5.41) is 0. The van der Waals surface area contributed by atoms with Crippen LogP contribution < -0.4 is 0 Å². The Hall–Kier alpha value is -3.28. The monoisotopic (exact) mass is 1860 g/mol. The molecule has 2 bridgehead atoms. The van der Waals surface area contributed by atoms with Gasteiger partial charge in [0.25, 0.3) is 0 Å². The van der Waals surface area contributed by atoms with E-state index in [1.807, 2.05) is 29.7 Å². The molecule has 9 fully saturated rings. The van der Waals surface area contributed by atoms with Crippen LogP contribution in [0, 0.1) is 5.92 Å². The van der Waals surface area contributed by atoms with E-state index < -0.39 is 0 Å². The van der Waals surface area contributed by atoms with E-state index in [4.69, 9.17) is 4.74 Å². The van der Waals surface area contributed by atoms with Gasteiger partial charge in [0.15, 0.2) is 0 Å². The molecular formula is C111H214N14O3S2. The van der Waals surface area contributed by atoms with Gasteiger partial charge in [-0.25, -0.2) is 0 Å². The van der Waals surface area contributed by atoms with Gasteiger partial charge in [-0.1, -0.05) is 93.2 Å². The maximum Gasteiger partial charge on any atom is 0.246 e. The van der Waals surface area contributed by atoms with E-state index in [-0.39, 0.29) is 5.91 Å². The lowest BCUT2D eigenvalue weighted by atomic mass is 10.1. The zero-order valence-corrected chi connectivity index (χ0v) is 92.2. The van der Waals surface area contributed by atoms with Gasteiger partial charge in [0.2, 0.25) is 11.8 Å². The smallest absolute Gasteiger partial charge is 0.246 e. The van der Waals surface area contributed by atoms with E-state index >= 15 is 0 Å². The van der Waals surface area contributed by atoms with E-state index in [2.05, 4.69) is 336 Å². The summed E-state index contributed by atoms with van der Waals surface area (Å²) in [6, 6.07) is 10.3. The number of nitrogens with zero attached hydrogens (tertiary/aromatic N) is 14. The molecule has 0 N–H and O–H groups in total. The summed E-state index contributed by atoms with van der Waals surface area (Å²) in [4.78, 5) is 55.5. The first kappa shape index (κ1) is 123. The Kier molecular flexibility index (Phi) is 69.8. The van der Waals surface area contributed by atoms with Crippen LogP contribution in [0.5, 0.6) is 0 Å². The molecule has 1 saturated carbocycles. The molecule has 2 amide bonds. The zero-order chi connectivity index (χ0) is 96.9. The van der Waals surface area contributed by atoms with Crippen molar-refractivity contribution in [3.63, 3.8) is 0 Å². The van der Waals surface area contributed by atoms with Crippen LogP contribution in [-0.4, -0.2) is 351 Å². The Bertz CT molecular complexity index is 2900. The summed E-state index contributed by atoms with van der Waals surface area (Å²) in [5.74, 6) is 6.81. The maximum atomic E-state index is 10.9. The average molecular weight is 1860 g/mol. The van der Waals surface area contributed by atoms with Crippen LogP contribution in [0.3, 0.4) is 0 Å². The largest absolute Gasteiger partial charge is 0.373 e. The molecule has 1 aliphatic carbocycles. The van der Waals surface area contributed by atoms with Crippen LogP contribution in [0.15, 0.2) is 97.5 Å². The second-order valence-electron chi connectivity index (χ2n) is 42.1. The van der Waals surface area contributed by atoms with Crippen LogP contribution in [-0.2, 0) is 14.3 Å². The summed E-state index contributed by atoms with van der Waals surface area (Å²) in [5.41, 5.74) is 2.27. The minimum Gasteiger partial charge on any atom is -0.373 e. The summed E-state index contributed by atoms with van der Waals surface area (Å²) in [7, 11) is 0. The third-order valence-electron chi connectivity index (χ3n) is 27.3. The molecule has 8 saturated heterocycles. The molecule has 0 aromatic carbocycles. The van der Waals surface area contributed by atoms with Gasteiger partial charge in [-0.3, -0.25) is 39.0 Å². The number of allylic oxidation sites excluding steroid dienone is 2. The quantitative estimate of drug-likeness (QED) is 0.154. The highest BCUT2D eigenvalue weighted by molar-refractivity contribution is 7.99. The van der Waals surface area contributed by atoms with Crippen LogP contribution in [0.1, 0.15) is 329 Å². The summed E-state index contributed by atoms with van der Waals surface area (Å²) < 4.78 is 5.22. The van der Waals surface area contributed by atoms with Crippen LogP contribution in [0.2, 0.25) is 0 Å². The van der Waals surface area contributed by atoms with Gasteiger partial charge in [-0.15, -0.1) is 11.8 Å². The van der Waals surface area contributed by atoms with Gasteiger partial charge in [0.1, 0.15) is 0 Å². The third-order valence-corrected chi connectivity index (χ3v) is 29.3. The number of rotatable bonds is 14. The van der Waals surface area contributed by atoms with Crippen molar-refractivity contribution in [3.8, 4) is 0 Å². The highest BCUT2D eigenvalue weighted by atomic mass is 32.2. The number of morpholine rings is 1. The van der Waals surface area contributed by atoms with Crippen molar-refractivity contribution in [1.29, 1.82) is 0 Å². The number of thioether (sulfide) groups is 2. The lowest BCUT2D eigenvalue weighted by molar-refractivity contribution is -0.129. The van der Waals surface area contributed by atoms with Crippen molar-refractivity contribution in [3.05, 3.63) is 97.5 Å². The molecule has 15 rings (SSSR count). The number of ether oxygens (including phenoxy) is 1. The first-order chi connectivity index (χ1) is 61.9. The van der Waals surface area contributed by atoms with Crippen molar-refractivity contribution >= 4 is 35.3 Å². The van der Waals surface area contributed by atoms with E-state index in [0.717, 1.165) is 150 Å². The third kappa shape index (κ3) is 55.9. The minimum absolute atomic E-state index is 0.144. The molecule has 15 aliphatic rings. The van der Waals surface area contributed by atoms with Crippen molar-refractivity contribution in [2.45, 2.75) is 419 Å². The zero-order valence-electron chi connectivity index (χ0n) is 90.5. The number of likely N-dealkylation sites (tertiary alicyclic amines) is 5. The summed E-state index contributed by atoms with van der Waals surface area (Å²) >= 11 is 4.13. The average Bonchev–Trinajstić information content (AvgIpc) is 1.67. The fourth-order valence-electron chi connectivity index (χ4n) is 18.3. The lowest BCUT2D eigenvalue weighted by Gasteiger charge is -2.34. The molecule has 2 atom stereocenters. The van der Waals surface area contributed by atoms with Gasteiger partial charge in [-0.05, 0) is 367 Å². The molecule has 0 spiro atoms. The van der Waals surface area contributed by atoms with Gasteiger partial charge in [-0.2, -0.15) is 11.8 Å². The van der Waals surface area contributed by atoms with E-state index in [1.54, 1.807) is 6.08 Å². The number of hydrogen-bond donors (Lipinski definition) is 0. The van der Waals surface area contributed by atoms with Crippen molar-refractivity contribution in [2.24, 2.45) is 5.92 Å². The molecule has 19 heteroatoms. The number of amides is 2. The Morgan fingerprint density at radius 2 is 0.708 bits per heavy atom. The maximum absolute atomic E-state index is 10.9. The number of carbonyl (C=O) groups excluding carboxylic acids is 2. The molecule has 0 aromatic heterocycles. The lowest BCUT2D eigenvalue weighted by Crippen LogP contribution is -2.38. The topological polar surface area (TPSA) is 88.7 Å². The summed E-state index contributed by atoms with van der Waals surface area (Å²) in [6.45, 7) is 98.5. The van der Waals surface area contributed by atoms with Crippen molar-refractivity contribution in [1.82, 2.24) is 68.6 Å². The van der Waals surface area contributed by atoms with Gasteiger partial charge < -0.3 is 43.9 Å². The SMILES string of the molecule is C=C1C=CCCN1C(C)C.C=C1COCCN1C(C)C.CC(C)N1CC2CCC1C2.CC(C)N1CC=CC1.CC(C)N1CC=CC1=O.CC(C)N1CC=CCC1.CC(C)N1CC=CCCC1.CC(C)N1CCC=CCC1.CC(C)N1CCCC1.CC(C)N1CCCC1=O.CC(C)N1CCCCC1.CC(C)N1CCCCCC1.CC(C)N1CCCSC1.CC(C)N1CCSCC1. The molecule has 0 aromatic rings. The number of fused-ring (bicyclic) bond motifs is 2. The molecule has 2 unspecified atom stereocenters. The van der Waals surface area contributed by atoms with E-state index in [0.29, 0.717) is 48.8 Å². The number of piperidine rings is 2. The Morgan fingerprint density at radius 3 is 1.03 bits per heavy atom. The van der Waals surface area contributed by atoms with Crippen LogP contribution in [0.4, 0.5) is 0 Å². The fourth-order valence-corrected chi connectivity index (χ4v) is 20.4. The molecule has 14 heterocycles. The van der Waals surface area contributed by atoms with Crippen LogP contribution >= 0.6 is 23.5 Å². The second kappa shape index (κ2) is 73.9. The molecule has 14 aliphatic heterocycles. The number of carbonyl (C=O) groups is 2. The molecule has 758 valence electrons. The molecule has 0 radical (unpaired) electrons. The van der Waals surface area contributed by atoms with Crippen molar-refractivity contribution in [2.75, 3.05) is 180 Å². The fraction of sp³-hybridized carbons (Fsp3) is 0.838. The Balaban J connectivity index is 0.000000474. The predicted molar refractivity (Wildman–Crippen MR) is 578 cm³/mol. The normalized spacial score (nSPS) is 22.7. The summed E-state index contributed by atoms with van der Waals surface area (Å²) in [6.07, 6.45) is 53.9. The standard InChI is InChI=1S/C9H17N.C9H15N.C9H19N.2C9H17N.C8H15NO.C8H17N.C8H15N.C7H13NO.C7H11NO.2C7H15NS.C7H15N.C7H13N/c1-7(2)10-6-8-3-4-9(10)5-8;1-8(2)10-7-5-4-6-9(10)3;3*1-9(2)10-7-5-3-4-6-8-10;1-7(2)9-4-5-10-6-8(9)3;2*1-8(2)9-6-4-3-5-7-9;2*1-6(2)8-5-3-4-7(8)9;1-7(2)8-3-5-9-6-4-8;1-7(2)8-4-3-5-9-6-8;2*1-7(2)8-5-3-4-6-8/h7-9H,3-6H2,1-2H3;4,6,8H,3,5,7H2,1-2H3;9H,3-8H2,1-2H3;3,5,9H,4,6-8H2,1-2H3;3-4,9H,5-8H2,1-2H3;7H,3-6H2,1-2H3;8H,3-7H2,1-2H3;3-4,8H,5-7H2,1-2H3;6H,3-5H2,1-2H3;3-4,6H,5H2,1-2H3;2*7H,3-6H2,1-2H3;7H,3-6H2,1-2H3;3-4,7H,5-6H2,1-2H3. The highest BCUT2D eigenvalue weighted by Crippen LogP contribution is 2.38. The minimum atomic E-state index is 0.144. The highest BCUT2D eigenvalue weighted by Gasteiger charge is 2.38. The molecular weight excluding hydrogens is 1640 g/mol. The second-order valence-corrected chi connectivity index (χ2v) is 44.4. The van der Waals surface area contributed by atoms with Crippen LogP contribution in [0.25, 0.3) is 0 Å². The van der Waals surface area contributed by atoms with Gasteiger partial charge in [0, 0.05) is 230 Å². The van der Waals surface area contributed by atoms with Gasteiger partial charge in [0.05, 0.1) is 13.2 Å². The first-order valence-electron chi connectivity index (χ1n) is 53.5. The van der Waals surface area contributed by atoms with Gasteiger partial charge >= 0.3 is 0 Å². The van der Waals surface area contributed by atoms with E-state index in [9.17, 15) is 9.59 Å². The number of hydrogen-bond acceptors (Lipinski definition) is 17. The predicted octanol–water partition coefficient (Wildman–Crippen LogP) is 23.0. The Labute approximate surface area is 816 Å².